The zero-order chi connectivity index (χ0) is 22.8. The quantitative estimate of drug-likeness (QED) is 0.681. The van der Waals surface area contributed by atoms with E-state index in [-0.39, 0.29) is 18.0 Å². The van der Waals surface area contributed by atoms with Crippen molar-refractivity contribution in [2.45, 2.75) is 37.9 Å². The summed E-state index contributed by atoms with van der Waals surface area (Å²) in [5, 5.41) is 16.1. The van der Waals surface area contributed by atoms with E-state index in [2.05, 4.69) is 17.0 Å². The summed E-state index contributed by atoms with van der Waals surface area (Å²) in [6.45, 7) is 2.35. The Labute approximate surface area is 177 Å². The number of amides is 1. The molecule has 1 aliphatic carbocycles. The molecule has 1 aromatic rings. The van der Waals surface area contributed by atoms with Gasteiger partial charge in [0.15, 0.2) is 0 Å². The summed E-state index contributed by atoms with van der Waals surface area (Å²) in [5.41, 5.74) is 0.912. The second-order valence-electron chi connectivity index (χ2n) is 8.34. The van der Waals surface area contributed by atoms with E-state index >= 15 is 0 Å². The minimum atomic E-state index is -5.08. The molecule has 7 nitrogen and oxygen atoms in total. The molecule has 4 rings (SSSR count). The molecular weight excluding hydrogens is 417 g/mol. The fraction of sp³-hybridized carbons (Fsp3) is 0.571. The van der Waals surface area contributed by atoms with Crippen LogP contribution in [0.15, 0.2) is 30.3 Å². The Balaban J connectivity index is 0.000000339. The van der Waals surface area contributed by atoms with E-state index in [1.54, 1.807) is 0 Å². The first kappa shape index (κ1) is 23.1. The molecule has 2 saturated heterocycles. The third-order valence-corrected chi connectivity index (χ3v) is 6.14. The predicted molar refractivity (Wildman–Crippen MR) is 103 cm³/mol. The van der Waals surface area contributed by atoms with E-state index in [9.17, 15) is 22.8 Å². The lowest BCUT2D eigenvalue weighted by molar-refractivity contribution is -0.192. The lowest BCUT2D eigenvalue weighted by Crippen LogP contribution is -2.66. The van der Waals surface area contributed by atoms with Crippen LogP contribution in [-0.2, 0) is 14.4 Å². The van der Waals surface area contributed by atoms with Gasteiger partial charge < -0.3 is 15.1 Å². The van der Waals surface area contributed by atoms with Crippen LogP contribution in [0, 0.1) is 11.3 Å². The monoisotopic (exact) mass is 442 g/mol. The Morgan fingerprint density at radius 3 is 2.06 bits per heavy atom. The van der Waals surface area contributed by atoms with Crippen LogP contribution in [0.4, 0.5) is 13.2 Å². The number of piperidine rings is 1. The molecule has 2 aliphatic heterocycles. The normalized spacial score (nSPS) is 23.0. The van der Waals surface area contributed by atoms with E-state index < -0.39 is 18.1 Å². The van der Waals surface area contributed by atoms with Gasteiger partial charge in [-0.3, -0.25) is 14.5 Å². The number of benzene rings is 1. The number of nitrogens with zero attached hydrogens (tertiary/aromatic N) is 2. The highest BCUT2D eigenvalue weighted by atomic mass is 19.4. The summed E-state index contributed by atoms with van der Waals surface area (Å²) in [5.74, 6) is -2.57. The van der Waals surface area contributed by atoms with Crippen LogP contribution in [0.1, 0.15) is 37.3 Å². The maximum atomic E-state index is 13.0. The first-order valence-corrected chi connectivity index (χ1v) is 10.1. The molecule has 1 saturated carbocycles. The highest BCUT2D eigenvalue weighted by Gasteiger charge is 2.61. The van der Waals surface area contributed by atoms with Gasteiger partial charge in [0.1, 0.15) is 0 Å². The molecule has 1 atom stereocenters. The summed E-state index contributed by atoms with van der Waals surface area (Å²) < 4.78 is 31.7. The molecule has 3 aliphatic rings. The van der Waals surface area contributed by atoms with Crippen LogP contribution in [0.2, 0.25) is 0 Å². The maximum absolute atomic E-state index is 13.0. The molecule has 2 N–H and O–H groups in total. The maximum Gasteiger partial charge on any atom is 0.490 e. The summed E-state index contributed by atoms with van der Waals surface area (Å²) in [4.78, 5) is 36.9. The molecular formula is C21H25F3N2O5. The van der Waals surface area contributed by atoms with Crippen LogP contribution < -0.4 is 0 Å². The third kappa shape index (κ3) is 5.17. The molecule has 0 bridgehead atoms. The zero-order valence-electron chi connectivity index (χ0n) is 16.8. The second kappa shape index (κ2) is 8.86. The fourth-order valence-corrected chi connectivity index (χ4v) is 4.44. The van der Waals surface area contributed by atoms with Gasteiger partial charge in [-0.05, 0) is 50.3 Å². The Hall–Kier alpha value is -2.62. The topological polar surface area (TPSA) is 98.1 Å². The van der Waals surface area contributed by atoms with Crippen molar-refractivity contribution in [1.29, 1.82) is 0 Å². The Morgan fingerprint density at radius 1 is 1.06 bits per heavy atom. The van der Waals surface area contributed by atoms with E-state index in [0.29, 0.717) is 24.9 Å². The minimum Gasteiger partial charge on any atom is -0.480 e. The van der Waals surface area contributed by atoms with E-state index in [4.69, 9.17) is 15.0 Å². The first-order valence-electron chi connectivity index (χ1n) is 10.1. The van der Waals surface area contributed by atoms with Crippen LogP contribution in [0.3, 0.4) is 0 Å². The average molecular weight is 442 g/mol. The van der Waals surface area contributed by atoms with Gasteiger partial charge >= 0.3 is 18.1 Å². The van der Waals surface area contributed by atoms with Crippen molar-refractivity contribution in [3.63, 3.8) is 0 Å². The number of hydrogen-bond acceptors (Lipinski definition) is 4. The van der Waals surface area contributed by atoms with Gasteiger partial charge in [0, 0.05) is 6.54 Å². The Morgan fingerprint density at radius 2 is 1.61 bits per heavy atom. The highest BCUT2D eigenvalue weighted by Crippen LogP contribution is 2.56. The van der Waals surface area contributed by atoms with Gasteiger partial charge in [-0.2, -0.15) is 13.2 Å². The summed E-state index contributed by atoms with van der Waals surface area (Å²) in [6.07, 6.45) is -1.07. The van der Waals surface area contributed by atoms with E-state index in [1.807, 2.05) is 23.1 Å². The fourth-order valence-electron chi connectivity index (χ4n) is 4.44. The van der Waals surface area contributed by atoms with Crippen molar-refractivity contribution in [3.8, 4) is 0 Å². The third-order valence-electron chi connectivity index (χ3n) is 6.14. The summed E-state index contributed by atoms with van der Waals surface area (Å²) in [7, 11) is 0. The zero-order valence-corrected chi connectivity index (χ0v) is 16.8. The van der Waals surface area contributed by atoms with Gasteiger partial charge in [-0.1, -0.05) is 30.3 Å². The molecule has 0 radical (unpaired) electrons. The van der Waals surface area contributed by atoms with Gasteiger partial charge in [0.05, 0.1) is 18.0 Å². The van der Waals surface area contributed by atoms with Crippen molar-refractivity contribution >= 4 is 17.8 Å². The molecule has 1 spiro atoms. The van der Waals surface area contributed by atoms with Crippen molar-refractivity contribution in [2.75, 3.05) is 26.2 Å². The summed E-state index contributed by atoms with van der Waals surface area (Å²) in [6, 6.07) is 10.5. The number of hydrogen-bond donors (Lipinski definition) is 2. The van der Waals surface area contributed by atoms with Crippen LogP contribution in [0.5, 0.6) is 0 Å². The largest absolute Gasteiger partial charge is 0.490 e. The molecule has 0 aromatic heterocycles. The molecule has 1 aromatic carbocycles. The van der Waals surface area contributed by atoms with Gasteiger partial charge in [0.25, 0.3) is 0 Å². The molecule has 170 valence electrons. The number of alkyl halides is 3. The predicted octanol–water partition coefficient (Wildman–Crippen LogP) is 2.78. The molecule has 10 heteroatoms. The number of carbonyl (C=O) groups excluding carboxylic acids is 1. The van der Waals surface area contributed by atoms with Crippen LogP contribution in [0.25, 0.3) is 0 Å². The average Bonchev–Trinajstić information content (AvgIpc) is 3.53. The van der Waals surface area contributed by atoms with Gasteiger partial charge in [-0.25, -0.2) is 4.79 Å². The molecule has 1 amide bonds. The van der Waals surface area contributed by atoms with Crippen molar-refractivity contribution in [2.24, 2.45) is 11.3 Å². The number of aliphatic carboxylic acids is 2. The molecule has 3 fully saturated rings. The standard InChI is InChI=1S/C19H24N2O3.C2HF3O2/c22-16(23)13-20-10-8-19(9-11-20)17(15-4-2-1-3-5-15)21(18(19)24)12-14-6-7-14;3-2(4,5)1(6)7/h1-5,14,17H,6-13H2,(H,22,23);(H,6,7). The van der Waals surface area contributed by atoms with Crippen LogP contribution in [-0.4, -0.2) is 70.2 Å². The van der Waals surface area contributed by atoms with E-state index in [1.165, 1.54) is 18.4 Å². The number of likely N-dealkylation sites (tertiary alicyclic amines) is 2. The van der Waals surface area contributed by atoms with Crippen molar-refractivity contribution in [3.05, 3.63) is 35.9 Å². The van der Waals surface area contributed by atoms with Gasteiger partial charge in [0.2, 0.25) is 5.91 Å². The Bertz CT molecular complexity index is 818. The van der Waals surface area contributed by atoms with Crippen molar-refractivity contribution < 1.29 is 37.8 Å². The second-order valence-corrected chi connectivity index (χ2v) is 8.34. The number of halogens is 3. The Kier molecular flexibility index (Phi) is 6.59. The number of β-lactam (4-membered cyclic amide) rings is 1. The van der Waals surface area contributed by atoms with E-state index in [0.717, 1.165) is 19.4 Å². The molecule has 2 heterocycles. The highest BCUT2D eigenvalue weighted by molar-refractivity contribution is 5.91. The lowest BCUT2D eigenvalue weighted by atomic mass is 9.62. The number of rotatable bonds is 5. The lowest BCUT2D eigenvalue weighted by Gasteiger charge is -2.59. The van der Waals surface area contributed by atoms with Crippen LogP contribution >= 0.6 is 0 Å². The molecule has 1 unspecified atom stereocenters. The number of carboxylic acid groups (broad SMARTS) is 2. The summed E-state index contributed by atoms with van der Waals surface area (Å²) >= 11 is 0. The first-order chi connectivity index (χ1) is 14.5. The van der Waals surface area contributed by atoms with Crippen molar-refractivity contribution in [1.82, 2.24) is 9.80 Å². The smallest absolute Gasteiger partial charge is 0.480 e. The molecule has 31 heavy (non-hydrogen) atoms. The van der Waals surface area contributed by atoms with Gasteiger partial charge in [-0.15, -0.1) is 0 Å². The SMILES string of the molecule is O=C(O)C(F)(F)F.O=C(O)CN1CCC2(CC1)C(=O)N(CC1CC1)C2c1ccccc1. The number of carbonyl (C=O) groups is 3. The number of carboxylic acids is 2. The minimum absolute atomic E-state index is 0.0755.